The lowest BCUT2D eigenvalue weighted by molar-refractivity contribution is 0.0162. The summed E-state index contributed by atoms with van der Waals surface area (Å²) in [5.74, 6) is -0.0984. The molecular formula is C15H22FN. The third kappa shape index (κ3) is 1.89. The summed E-state index contributed by atoms with van der Waals surface area (Å²) in [4.78, 5) is 0. The minimum absolute atomic E-state index is 0.0984. The molecule has 0 atom stereocenters. The highest BCUT2D eigenvalue weighted by atomic mass is 19.1. The summed E-state index contributed by atoms with van der Waals surface area (Å²) in [5, 5.41) is 0. The van der Waals surface area contributed by atoms with Gasteiger partial charge in [0.15, 0.2) is 0 Å². The van der Waals surface area contributed by atoms with E-state index >= 15 is 0 Å². The average Bonchev–Trinajstić information content (AvgIpc) is 2.32. The monoisotopic (exact) mass is 235 g/mol. The van der Waals surface area contributed by atoms with Crippen LogP contribution in [0.25, 0.3) is 0 Å². The molecule has 94 valence electrons. The van der Waals surface area contributed by atoms with E-state index in [0.29, 0.717) is 12.0 Å². The molecule has 1 aromatic rings. The van der Waals surface area contributed by atoms with Crippen LogP contribution in [-0.2, 0) is 5.41 Å². The van der Waals surface area contributed by atoms with Crippen LogP contribution in [0.1, 0.15) is 45.1 Å². The first-order chi connectivity index (χ1) is 8.11. The number of nitrogens with two attached hydrogens (primary N) is 1. The summed E-state index contributed by atoms with van der Waals surface area (Å²) in [6.45, 7) is 5.01. The first-order valence-electron chi connectivity index (χ1n) is 6.56. The van der Waals surface area contributed by atoms with Gasteiger partial charge in [-0.2, -0.15) is 0 Å². The van der Waals surface area contributed by atoms with E-state index in [1.165, 1.54) is 12.8 Å². The van der Waals surface area contributed by atoms with E-state index in [9.17, 15) is 4.39 Å². The van der Waals surface area contributed by atoms with Gasteiger partial charge >= 0.3 is 0 Å². The first kappa shape index (κ1) is 12.6. The number of hydrogen-bond acceptors (Lipinski definition) is 1. The van der Waals surface area contributed by atoms with E-state index in [0.717, 1.165) is 18.4 Å². The van der Waals surface area contributed by atoms with Gasteiger partial charge < -0.3 is 5.73 Å². The second-order valence-electron chi connectivity index (χ2n) is 5.52. The summed E-state index contributed by atoms with van der Waals surface area (Å²) in [6, 6.07) is 7.10. The molecule has 0 spiro atoms. The molecule has 0 bridgehead atoms. The maximum atomic E-state index is 13.9. The first-order valence-corrected chi connectivity index (χ1v) is 6.56. The fraction of sp³-hybridized carbons (Fsp3) is 0.600. The van der Waals surface area contributed by atoms with Crippen LogP contribution < -0.4 is 5.73 Å². The Hall–Kier alpha value is -0.890. The van der Waals surface area contributed by atoms with Crippen LogP contribution in [0.5, 0.6) is 0 Å². The molecule has 2 heteroatoms. The van der Waals surface area contributed by atoms with Crippen molar-refractivity contribution in [3.05, 3.63) is 35.6 Å². The standard InChI is InChI=1S/C15H22FN/c1-3-14(4-2)9-15(10-14,11-17)12-7-5-6-8-13(12)16/h5-8H,3-4,9-11,17H2,1-2H3. The van der Waals surface area contributed by atoms with Gasteiger partial charge in [-0.05, 0) is 29.9 Å². The number of halogens is 1. The summed E-state index contributed by atoms with van der Waals surface area (Å²) < 4.78 is 13.9. The Morgan fingerprint density at radius 2 is 1.76 bits per heavy atom. The van der Waals surface area contributed by atoms with Crippen molar-refractivity contribution < 1.29 is 4.39 Å². The lowest BCUT2D eigenvalue weighted by atomic mass is 9.48. The van der Waals surface area contributed by atoms with Gasteiger partial charge in [-0.3, -0.25) is 0 Å². The molecule has 1 aromatic carbocycles. The highest BCUT2D eigenvalue weighted by Crippen LogP contribution is 2.59. The largest absolute Gasteiger partial charge is 0.330 e. The summed E-state index contributed by atoms with van der Waals surface area (Å²) in [7, 11) is 0. The lowest BCUT2D eigenvalue weighted by Gasteiger charge is -2.56. The summed E-state index contributed by atoms with van der Waals surface area (Å²) in [5.41, 5.74) is 7.03. The van der Waals surface area contributed by atoms with Gasteiger partial charge in [0, 0.05) is 12.0 Å². The fourth-order valence-corrected chi connectivity index (χ4v) is 3.47. The molecule has 0 heterocycles. The predicted octanol–water partition coefficient (Wildman–Crippen LogP) is 3.62. The van der Waals surface area contributed by atoms with E-state index in [4.69, 9.17) is 5.73 Å². The minimum Gasteiger partial charge on any atom is -0.330 e. The van der Waals surface area contributed by atoms with E-state index in [2.05, 4.69) is 13.8 Å². The Bertz CT molecular complexity index is 388. The van der Waals surface area contributed by atoms with Crippen molar-refractivity contribution in [1.82, 2.24) is 0 Å². The van der Waals surface area contributed by atoms with Crippen molar-refractivity contribution >= 4 is 0 Å². The smallest absolute Gasteiger partial charge is 0.127 e. The van der Waals surface area contributed by atoms with Gasteiger partial charge in [-0.1, -0.05) is 44.9 Å². The van der Waals surface area contributed by atoms with Crippen molar-refractivity contribution in [3.8, 4) is 0 Å². The van der Waals surface area contributed by atoms with Crippen molar-refractivity contribution in [2.24, 2.45) is 11.1 Å². The van der Waals surface area contributed by atoms with Crippen molar-refractivity contribution in [2.75, 3.05) is 6.54 Å². The van der Waals surface area contributed by atoms with Gasteiger partial charge in [-0.15, -0.1) is 0 Å². The molecular weight excluding hydrogens is 213 g/mol. The van der Waals surface area contributed by atoms with Crippen LogP contribution in [0.3, 0.4) is 0 Å². The van der Waals surface area contributed by atoms with Crippen LogP contribution in [0, 0.1) is 11.2 Å². The number of rotatable bonds is 4. The Balaban J connectivity index is 2.28. The summed E-state index contributed by atoms with van der Waals surface area (Å²) in [6.07, 6.45) is 4.40. The maximum absolute atomic E-state index is 13.9. The predicted molar refractivity (Wildman–Crippen MR) is 69.4 cm³/mol. The van der Waals surface area contributed by atoms with Crippen LogP contribution >= 0.6 is 0 Å². The molecule has 0 aromatic heterocycles. The van der Waals surface area contributed by atoms with E-state index in [1.54, 1.807) is 12.1 Å². The number of hydrogen-bond donors (Lipinski definition) is 1. The highest BCUT2D eigenvalue weighted by molar-refractivity contribution is 5.32. The highest BCUT2D eigenvalue weighted by Gasteiger charge is 2.53. The van der Waals surface area contributed by atoms with Gasteiger partial charge in [0.2, 0.25) is 0 Å². The second-order valence-corrected chi connectivity index (χ2v) is 5.52. The lowest BCUT2D eigenvalue weighted by Crippen LogP contribution is -2.53. The summed E-state index contributed by atoms with van der Waals surface area (Å²) >= 11 is 0. The van der Waals surface area contributed by atoms with Crippen molar-refractivity contribution in [2.45, 2.75) is 44.9 Å². The van der Waals surface area contributed by atoms with E-state index in [-0.39, 0.29) is 11.2 Å². The third-order valence-electron chi connectivity index (χ3n) is 4.76. The zero-order valence-corrected chi connectivity index (χ0v) is 10.8. The molecule has 1 aliphatic carbocycles. The Kier molecular flexibility index (Phi) is 3.26. The normalized spacial score (nSPS) is 20.9. The minimum atomic E-state index is -0.114. The van der Waals surface area contributed by atoms with E-state index in [1.807, 2.05) is 12.1 Å². The molecule has 2 rings (SSSR count). The molecule has 0 unspecified atom stereocenters. The molecule has 1 saturated carbocycles. The van der Waals surface area contributed by atoms with Crippen LogP contribution in [0.2, 0.25) is 0 Å². The molecule has 2 N–H and O–H groups in total. The van der Waals surface area contributed by atoms with Crippen LogP contribution in [0.4, 0.5) is 4.39 Å². The molecule has 1 aliphatic rings. The van der Waals surface area contributed by atoms with Crippen LogP contribution in [-0.4, -0.2) is 6.54 Å². The maximum Gasteiger partial charge on any atom is 0.127 e. The molecule has 1 nitrogen and oxygen atoms in total. The molecule has 0 radical (unpaired) electrons. The topological polar surface area (TPSA) is 26.0 Å². The van der Waals surface area contributed by atoms with Crippen LogP contribution in [0.15, 0.2) is 24.3 Å². The van der Waals surface area contributed by atoms with Gasteiger partial charge in [0.25, 0.3) is 0 Å². The molecule has 17 heavy (non-hydrogen) atoms. The zero-order chi connectivity index (χ0) is 12.5. The van der Waals surface area contributed by atoms with E-state index < -0.39 is 0 Å². The number of benzene rings is 1. The zero-order valence-electron chi connectivity index (χ0n) is 10.8. The Labute approximate surface area is 103 Å². The molecule has 1 fully saturated rings. The average molecular weight is 235 g/mol. The fourth-order valence-electron chi connectivity index (χ4n) is 3.47. The molecule has 0 saturated heterocycles. The molecule has 0 amide bonds. The Morgan fingerprint density at radius 1 is 1.18 bits per heavy atom. The van der Waals surface area contributed by atoms with Crippen molar-refractivity contribution in [3.63, 3.8) is 0 Å². The quantitative estimate of drug-likeness (QED) is 0.847. The van der Waals surface area contributed by atoms with Gasteiger partial charge in [0.05, 0.1) is 0 Å². The van der Waals surface area contributed by atoms with Gasteiger partial charge in [0.1, 0.15) is 5.82 Å². The Morgan fingerprint density at radius 3 is 2.24 bits per heavy atom. The SMILES string of the molecule is CCC1(CC)CC(CN)(c2ccccc2F)C1. The van der Waals surface area contributed by atoms with Crippen molar-refractivity contribution in [1.29, 1.82) is 0 Å². The third-order valence-corrected chi connectivity index (χ3v) is 4.76. The van der Waals surface area contributed by atoms with Gasteiger partial charge in [-0.25, -0.2) is 4.39 Å². The second kappa shape index (κ2) is 4.41. The molecule has 0 aliphatic heterocycles.